The van der Waals surface area contributed by atoms with E-state index in [0.717, 1.165) is 41.0 Å². The number of rotatable bonds is 9. The molecule has 33 heavy (non-hydrogen) atoms. The molecule has 4 heteroatoms. The highest BCUT2D eigenvalue weighted by Crippen LogP contribution is 2.36. The fraction of sp³-hybridized carbons (Fsp3) is 0.276. The number of nitrogen functional groups attached to an aromatic ring is 1. The maximum absolute atomic E-state index is 7.76. The molecule has 1 aliphatic heterocycles. The van der Waals surface area contributed by atoms with Gasteiger partial charge in [0.05, 0.1) is 0 Å². The first-order valence-corrected chi connectivity index (χ1v) is 11.8. The number of likely N-dealkylation sites (tertiary alicyclic amines) is 1. The number of nitrogens with one attached hydrogen (secondary N) is 1. The zero-order valence-electron chi connectivity index (χ0n) is 19.4. The Labute approximate surface area is 198 Å². The molecule has 1 saturated heterocycles. The molecule has 172 valence electrons. The molecule has 3 aromatic carbocycles. The summed E-state index contributed by atoms with van der Waals surface area (Å²) in [5, 5.41) is 7.76. The largest absolute Gasteiger partial charge is 0.492 e. The first-order valence-electron chi connectivity index (χ1n) is 11.8. The minimum absolute atomic E-state index is 0. The third kappa shape index (κ3) is 5.52. The normalized spacial score (nSPS) is 14.7. The van der Waals surface area contributed by atoms with Crippen LogP contribution in [0.15, 0.2) is 72.8 Å². The van der Waals surface area contributed by atoms with E-state index in [2.05, 4.69) is 66.4 Å². The fourth-order valence-corrected chi connectivity index (χ4v) is 4.55. The monoisotopic (exact) mass is 441 g/mol. The van der Waals surface area contributed by atoms with E-state index in [9.17, 15) is 0 Å². The molecule has 0 atom stereocenters. The van der Waals surface area contributed by atoms with Gasteiger partial charge in [-0.2, -0.15) is 0 Å². The first kappa shape index (κ1) is 22.8. The van der Waals surface area contributed by atoms with Crippen molar-refractivity contribution < 1.29 is 6.16 Å². The van der Waals surface area contributed by atoms with E-state index < -0.39 is 0 Å². The predicted octanol–water partition coefficient (Wildman–Crippen LogP) is 6.36. The van der Waals surface area contributed by atoms with E-state index >= 15 is 0 Å². The standard InChI is InChI=1S/C29H33N3O.H2/c1-2-27(22-8-4-3-5-9-22)29(24-12-15-28(31)25(20-24)21-30)23-10-13-26(14-11-23)33-19-18-32-16-6-7-17-32;/h3-5,8-15,20-21,30H,2,6-7,16-19,31H2,1H3;1H/b29-27+,30-21?;. The lowest BCUT2D eigenvalue weighted by Crippen LogP contribution is -2.25. The van der Waals surface area contributed by atoms with E-state index in [1.165, 1.54) is 43.3 Å². The minimum atomic E-state index is 0. The molecular formula is C29H35N3O. The van der Waals surface area contributed by atoms with Gasteiger partial charge in [-0.1, -0.05) is 55.5 Å². The van der Waals surface area contributed by atoms with Crippen LogP contribution in [-0.2, 0) is 0 Å². The Morgan fingerprint density at radius 2 is 1.67 bits per heavy atom. The summed E-state index contributed by atoms with van der Waals surface area (Å²) in [6.45, 7) is 6.27. The molecular weight excluding hydrogens is 406 g/mol. The lowest BCUT2D eigenvalue weighted by Gasteiger charge is -2.18. The van der Waals surface area contributed by atoms with Gasteiger partial charge in [0.25, 0.3) is 0 Å². The van der Waals surface area contributed by atoms with Crippen molar-refractivity contribution in [3.63, 3.8) is 0 Å². The van der Waals surface area contributed by atoms with Crippen molar-refractivity contribution >= 4 is 23.0 Å². The van der Waals surface area contributed by atoms with E-state index in [4.69, 9.17) is 15.9 Å². The molecule has 1 fully saturated rings. The number of benzene rings is 3. The highest BCUT2D eigenvalue weighted by atomic mass is 16.5. The van der Waals surface area contributed by atoms with Crippen LogP contribution in [0, 0.1) is 5.41 Å². The molecule has 0 radical (unpaired) electrons. The number of nitrogens with zero attached hydrogens (tertiary/aromatic N) is 1. The Kier molecular flexibility index (Phi) is 7.59. The second-order valence-electron chi connectivity index (χ2n) is 8.48. The first-order chi connectivity index (χ1) is 16.2. The zero-order valence-corrected chi connectivity index (χ0v) is 19.4. The van der Waals surface area contributed by atoms with Gasteiger partial charge in [-0.25, -0.2) is 0 Å². The molecule has 0 bridgehead atoms. The van der Waals surface area contributed by atoms with Gasteiger partial charge in [-0.15, -0.1) is 0 Å². The maximum Gasteiger partial charge on any atom is 0.119 e. The van der Waals surface area contributed by atoms with Gasteiger partial charge in [-0.05, 0) is 84.5 Å². The summed E-state index contributed by atoms with van der Waals surface area (Å²) >= 11 is 0. The smallest absolute Gasteiger partial charge is 0.119 e. The summed E-state index contributed by atoms with van der Waals surface area (Å²) in [6, 6.07) is 24.9. The molecule has 1 heterocycles. The van der Waals surface area contributed by atoms with Gasteiger partial charge < -0.3 is 15.9 Å². The summed E-state index contributed by atoms with van der Waals surface area (Å²) in [5.41, 5.74) is 13.3. The third-order valence-electron chi connectivity index (χ3n) is 6.33. The topological polar surface area (TPSA) is 62.3 Å². The summed E-state index contributed by atoms with van der Waals surface area (Å²) in [7, 11) is 0. The SMILES string of the molecule is CC/C(=C(/c1ccc(OCCN2CCCC2)cc1)c1ccc(N)c(C=N)c1)c1ccccc1.[HH]. The number of hydrogen-bond donors (Lipinski definition) is 2. The van der Waals surface area contributed by atoms with Crippen molar-refractivity contribution in [2.24, 2.45) is 0 Å². The molecule has 4 nitrogen and oxygen atoms in total. The zero-order chi connectivity index (χ0) is 23.0. The number of anilines is 1. The lowest BCUT2D eigenvalue weighted by atomic mass is 9.87. The average molecular weight is 442 g/mol. The molecule has 0 aromatic heterocycles. The van der Waals surface area contributed by atoms with Crippen LogP contribution >= 0.6 is 0 Å². The lowest BCUT2D eigenvalue weighted by molar-refractivity contribution is 0.238. The Hall–Kier alpha value is -3.37. The summed E-state index contributed by atoms with van der Waals surface area (Å²) in [6.07, 6.45) is 4.81. The molecule has 1 aliphatic rings. The van der Waals surface area contributed by atoms with Crippen molar-refractivity contribution in [3.05, 3.63) is 95.1 Å². The van der Waals surface area contributed by atoms with Crippen LogP contribution in [0.2, 0.25) is 0 Å². The Bertz CT molecular complexity index is 1100. The van der Waals surface area contributed by atoms with Crippen LogP contribution in [0.25, 0.3) is 11.1 Å². The highest BCUT2D eigenvalue weighted by Gasteiger charge is 2.15. The van der Waals surface area contributed by atoms with Crippen molar-refractivity contribution in [1.82, 2.24) is 4.90 Å². The van der Waals surface area contributed by atoms with Crippen LogP contribution in [0.1, 0.15) is 49.9 Å². The minimum Gasteiger partial charge on any atom is -0.492 e. The molecule has 3 N–H and O–H groups in total. The van der Waals surface area contributed by atoms with Gasteiger partial charge in [0.1, 0.15) is 12.4 Å². The molecule has 0 spiro atoms. The van der Waals surface area contributed by atoms with Crippen molar-refractivity contribution in [2.75, 3.05) is 32.0 Å². The Balaban J connectivity index is 0.00000324. The highest BCUT2D eigenvalue weighted by molar-refractivity contribution is 6.00. The number of nitrogens with two attached hydrogens (primary N) is 1. The number of ether oxygens (including phenoxy) is 1. The molecule has 0 aliphatic carbocycles. The third-order valence-corrected chi connectivity index (χ3v) is 6.33. The van der Waals surface area contributed by atoms with E-state index in [1.54, 1.807) is 0 Å². The van der Waals surface area contributed by atoms with Gasteiger partial charge in [-0.3, -0.25) is 4.90 Å². The number of allylic oxidation sites excluding steroid dienone is 1. The van der Waals surface area contributed by atoms with Crippen molar-refractivity contribution in [3.8, 4) is 5.75 Å². The van der Waals surface area contributed by atoms with Gasteiger partial charge in [0, 0.05) is 25.4 Å². The van der Waals surface area contributed by atoms with Crippen LogP contribution in [0.3, 0.4) is 0 Å². The summed E-state index contributed by atoms with van der Waals surface area (Å²) in [4.78, 5) is 2.46. The van der Waals surface area contributed by atoms with Gasteiger partial charge >= 0.3 is 0 Å². The Morgan fingerprint density at radius 3 is 2.33 bits per heavy atom. The second-order valence-corrected chi connectivity index (χ2v) is 8.48. The number of hydrogen-bond acceptors (Lipinski definition) is 4. The fourth-order valence-electron chi connectivity index (χ4n) is 4.55. The molecule has 4 rings (SSSR count). The quantitative estimate of drug-likeness (QED) is 0.231. The second kappa shape index (κ2) is 11.0. The molecule has 0 saturated carbocycles. The van der Waals surface area contributed by atoms with E-state index in [0.29, 0.717) is 12.3 Å². The summed E-state index contributed by atoms with van der Waals surface area (Å²) < 4.78 is 6.03. The molecule has 0 unspecified atom stereocenters. The predicted molar refractivity (Wildman–Crippen MR) is 141 cm³/mol. The molecule has 0 amide bonds. The van der Waals surface area contributed by atoms with Crippen molar-refractivity contribution in [2.45, 2.75) is 26.2 Å². The van der Waals surface area contributed by atoms with E-state index in [-0.39, 0.29) is 1.43 Å². The van der Waals surface area contributed by atoms with E-state index in [1.807, 2.05) is 18.2 Å². The van der Waals surface area contributed by atoms with Crippen LogP contribution in [0.4, 0.5) is 5.69 Å². The maximum atomic E-state index is 7.76. The van der Waals surface area contributed by atoms with Crippen molar-refractivity contribution in [1.29, 1.82) is 5.41 Å². The van der Waals surface area contributed by atoms with Crippen LogP contribution < -0.4 is 10.5 Å². The molecule has 3 aromatic rings. The van der Waals surface area contributed by atoms with Gasteiger partial charge in [0.2, 0.25) is 0 Å². The van der Waals surface area contributed by atoms with Crippen LogP contribution in [-0.4, -0.2) is 37.4 Å². The van der Waals surface area contributed by atoms with Gasteiger partial charge in [0.15, 0.2) is 0 Å². The summed E-state index contributed by atoms with van der Waals surface area (Å²) in [5.74, 6) is 0.896. The Morgan fingerprint density at radius 1 is 0.970 bits per heavy atom. The average Bonchev–Trinajstić information content (AvgIpc) is 3.38. The van der Waals surface area contributed by atoms with Crippen LogP contribution in [0.5, 0.6) is 5.75 Å².